The first-order valence-electron chi connectivity index (χ1n) is 6.68. The first-order valence-corrected chi connectivity index (χ1v) is 6.68. The third kappa shape index (κ3) is 3.13. The zero-order chi connectivity index (χ0) is 14.0. The van der Waals surface area contributed by atoms with Gasteiger partial charge < -0.3 is 15.5 Å². The molecule has 1 aliphatic rings. The highest BCUT2D eigenvalue weighted by Crippen LogP contribution is 2.18. The van der Waals surface area contributed by atoms with Crippen LogP contribution in [0.4, 0.5) is 0 Å². The Morgan fingerprint density at radius 3 is 2.63 bits per heavy atom. The molecular formula is C13H23N5O. The summed E-state index contributed by atoms with van der Waals surface area (Å²) in [6.07, 6.45) is 5.48. The van der Waals surface area contributed by atoms with Crippen LogP contribution in [0.2, 0.25) is 0 Å². The van der Waals surface area contributed by atoms with Gasteiger partial charge in [0.15, 0.2) is 0 Å². The standard InChI is InChI=1S/C13H23N5O/c1-16-6-4-11(5-7-16)18(3)13(19)12(14)10-8-15-17(2)9-10/h8-9,11-12H,4-7,14H2,1-3H3. The molecule has 0 spiro atoms. The third-order valence-electron chi connectivity index (χ3n) is 3.93. The molecule has 0 saturated carbocycles. The van der Waals surface area contributed by atoms with Crippen LogP contribution in [0.1, 0.15) is 24.4 Å². The van der Waals surface area contributed by atoms with Crippen molar-refractivity contribution in [3.05, 3.63) is 18.0 Å². The fourth-order valence-corrected chi connectivity index (χ4v) is 2.52. The number of nitrogens with two attached hydrogens (primary N) is 1. The average molecular weight is 265 g/mol. The Morgan fingerprint density at radius 1 is 1.47 bits per heavy atom. The van der Waals surface area contributed by atoms with E-state index in [2.05, 4.69) is 17.0 Å². The summed E-state index contributed by atoms with van der Waals surface area (Å²) in [5.41, 5.74) is 6.80. The first kappa shape index (κ1) is 14.0. The number of rotatable bonds is 3. The zero-order valence-electron chi connectivity index (χ0n) is 11.9. The number of likely N-dealkylation sites (tertiary alicyclic amines) is 1. The second-order valence-corrected chi connectivity index (χ2v) is 5.41. The predicted molar refractivity (Wildman–Crippen MR) is 73.4 cm³/mol. The number of aromatic nitrogens is 2. The maximum atomic E-state index is 12.4. The van der Waals surface area contributed by atoms with E-state index in [1.165, 1.54) is 0 Å². The lowest BCUT2D eigenvalue weighted by atomic mass is 10.0. The number of carbonyl (C=O) groups is 1. The highest BCUT2D eigenvalue weighted by atomic mass is 16.2. The van der Waals surface area contributed by atoms with E-state index >= 15 is 0 Å². The Hall–Kier alpha value is -1.40. The second kappa shape index (κ2) is 5.71. The van der Waals surface area contributed by atoms with E-state index in [9.17, 15) is 4.79 Å². The Balaban J connectivity index is 1.98. The fraction of sp³-hybridized carbons (Fsp3) is 0.692. The molecule has 1 atom stereocenters. The number of hydrogen-bond donors (Lipinski definition) is 1. The van der Waals surface area contributed by atoms with Crippen LogP contribution < -0.4 is 5.73 Å². The molecule has 1 aliphatic heterocycles. The average Bonchev–Trinajstić information content (AvgIpc) is 2.84. The lowest BCUT2D eigenvalue weighted by Gasteiger charge is -2.36. The van der Waals surface area contributed by atoms with Gasteiger partial charge in [0.05, 0.1) is 6.20 Å². The quantitative estimate of drug-likeness (QED) is 0.833. The molecule has 0 radical (unpaired) electrons. The summed E-state index contributed by atoms with van der Waals surface area (Å²) in [7, 11) is 5.79. The normalized spacial score (nSPS) is 19.4. The highest BCUT2D eigenvalue weighted by Gasteiger charge is 2.28. The molecule has 2 rings (SSSR count). The van der Waals surface area contributed by atoms with E-state index in [0.29, 0.717) is 6.04 Å². The van der Waals surface area contributed by atoms with E-state index in [-0.39, 0.29) is 5.91 Å². The molecule has 19 heavy (non-hydrogen) atoms. The number of hydrogen-bond acceptors (Lipinski definition) is 4. The minimum atomic E-state index is -0.613. The molecule has 1 aromatic rings. The number of nitrogens with zero attached hydrogens (tertiary/aromatic N) is 4. The largest absolute Gasteiger partial charge is 0.341 e. The summed E-state index contributed by atoms with van der Waals surface area (Å²) in [6, 6.07) is -0.315. The van der Waals surface area contributed by atoms with Gasteiger partial charge in [0.25, 0.3) is 0 Å². The first-order chi connectivity index (χ1) is 8.99. The van der Waals surface area contributed by atoms with Gasteiger partial charge in [-0.2, -0.15) is 5.10 Å². The van der Waals surface area contributed by atoms with Gasteiger partial charge in [-0.05, 0) is 33.0 Å². The predicted octanol–water partition coefficient (Wildman–Crippen LogP) is -0.0275. The van der Waals surface area contributed by atoms with Crippen molar-refractivity contribution in [1.82, 2.24) is 19.6 Å². The maximum absolute atomic E-state index is 12.4. The molecule has 106 valence electrons. The van der Waals surface area contributed by atoms with E-state index < -0.39 is 6.04 Å². The second-order valence-electron chi connectivity index (χ2n) is 5.41. The molecule has 6 heteroatoms. The van der Waals surface area contributed by atoms with E-state index in [1.54, 1.807) is 17.1 Å². The van der Waals surface area contributed by atoms with Crippen molar-refractivity contribution in [3.8, 4) is 0 Å². The minimum Gasteiger partial charge on any atom is -0.341 e. The summed E-state index contributed by atoms with van der Waals surface area (Å²) in [4.78, 5) is 16.5. The fourth-order valence-electron chi connectivity index (χ4n) is 2.52. The summed E-state index contributed by atoms with van der Waals surface area (Å²) in [6.45, 7) is 2.06. The van der Waals surface area contributed by atoms with Crippen LogP contribution in [0.15, 0.2) is 12.4 Å². The van der Waals surface area contributed by atoms with Gasteiger partial charge in [0.2, 0.25) is 5.91 Å². The van der Waals surface area contributed by atoms with Crippen LogP contribution in [0.25, 0.3) is 0 Å². The van der Waals surface area contributed by atoms with Gasteiger partial charge in [0.1, 0.15) is 6.04 Å². The molecule has 0 aromatic carbocycles. The SMILES string of the molecule is CN1CCC(N(C)C(=O)C(N)c2cnn(C)c2)CC1. The van der Waals surface area contributed by atoms with Gasteiger partial charge in [-0.25, -0.2) is 0 Å². The van der Waals surface area contributed by atoms with Gasteiger partial charge in [-0.1, -0.05) is 0 Å². The van der Waals surface area contributed by atoms with Crippen molar-refractivity contribution in [2.24, 2.45) is 12.8 Å². The van der Waals surface area contributed by atoms with Gasteiger partial charge in [0, 0.05) is 31.9 Å². The Kier molecular flexibility index (Phi) is 4.21. The highest BCUT2D eigenvalue weighted by molar-refractivity contribution is 5.83. The molecule has 1 unspecified atom stereocenters. The van der Waals surface area contributed by atoms with Crippen LogP contribution in [-0.2, 0) is 11.8 Å². The molecule has 1 aromatic heterocycles. The van der Waals surface area contributed by atoms with Crippen molar-refractivity contribution in [3.63, 3.8) is 0 Å². The minimum absolute atomic E-state index is 0.0254. The van der Waals surface area contributed by atoms with Crippen LogP contribution in [-0.4, -0.2) is 58.7 Å². The summed E-state index contributed by atoms with van der Waals surface area (Å²) in [5, 5.41) is 4.06. The van der Waals surface area contributed by atoms with Crippen LogP contribution in [0.3, 0.4) is 0 Å². The molecule has 1 saturated heterocycles. The smallest absolute Gasteiger partial charge is 0.244 e. The Labute approximate surface area is 114 Å². The number of likely N-dealkylation sites (N-methyl/N-ethyl adjacent to an activating group) is 1. The molecule has 0 aliphatic carbocycles. The zero-order valence-corrected chi connectivity index (χ0v) is 11.9. The lowest BCUT2D eigenvalue weighted by molar-refractivity contribution is -0.134. The molecule has 6 nitrogen and oxygen atoms in total. The van der Waals surface area contributed by atoms with Crippen molar-refractivity contribution < 1.29 is 4.79 Å². The molecular weight excluding hydrogens is 242 g/mol. The summed E-state index contributed by atoms with van der Waals surface area (Å²) < 4.78 is 1.66. The van der Waals surface area contributed by atoms with E-state index in [1.807, 2.05) is 19.0 Å². The van der Waals surface area contributed by atoms with Crippen molar-refractivity contribution in [1.29, 1.82) is 0 Å². The van der Waals surface area contributed by atoms with Crippen molar-refractivity contribution in [2.75, 3.05) is 27.2 Å². The molecule has 2 N–H and O–H groups in total. The number of amides is 1. The van der Waals surface area contributed by atoms with E-state index in [0.717, 1.165) is 31.5 Å². The Bertz CT molecular complexity index is 436. The number of carbonyl (C=O) groups excluding carboxylic acids is 1. The molecule has 0 bridgehead atoms. The number of aryl methyl sites for hydroxylation is 1. The molecule has 2 heterocycles. The van der Waals surface area contributed by atoms with Crippen LogP contribution in [0, 0.1) is 0 Å². The van der Waals surface area contributed by atoms with E-state index in [4.69, 9.17) is 5.73 Å². The topological polar surface area (TPSA) is 67.4 Å². The van der Waals surface area contributed by atoms with Gasteiger partial charge >= 0.3 is 0 Å². The monoisotopic (exact) mass is 265 g/mol. The summed E-state index contributed by atoms with van der Waals surface area (Å²) in [5.74, 6) is -0.0254. The van der Waals surface area contributed by atoms with Crippen LogP contribution >= 0.6 is 0 Å². The van der Waals surface area contributed by atoms with Gasteiger partial charge in [-0.3, -0.25) is 9.48 Å². The van der Waals surface area contributed by atoms with Gasteiger partial charge in [-0.15, -0.1) is 0 Å². The maximum Gasteiger partial charge on any atom is 0.244 e. The van der Waals surface area contributed by atoms with Crippen LogP contribution in [0.5, 0.6) is 0 Å². The van der Waals surface area contributed by atoms with Crippen molar-refractivity contribution >= 4 is 5.91 Å². The number of piperidine rings is 1. The molecule has 1 fully saturated rings. The third-order valence-corrected chi connectivity index (χ3v) is 3.93. The summed E-state index contributed by atoms with van der Waals surface area (Å²) >= 11 is 0. The lowest BCUT2D eigenvalue weighted by Crippen LogP contribution is -2.47. The van der Waals surface area contributed by atoms with Crippen molar-refractivity contribution in [2.45, 2.75) is 24.9 Å². The molecule has 1 amide bonds. The Morgan fingerprint density at radius 2 is 2.11 bits per heavy atom.